The molecule has 1 aliphatic carbocycles. The molecule has 1 fully saturated rings. The second-order valence-electron chi connectivity index (χ2n) is 4.65. The van der Waals surface area contributed by atoms with Crippen LogP contribution in [-0.4, -0.2) is 24.1 Å². The predicted octanol–water partition coefficient (Wildman–Crippen LogP) is 3.55. The molecule has 0 aliphatic heterocycles. The number of alkyl halides is 1. The van der Waals surface area contributed by atoms with Gasteiger partial charge >= 0.3 is 0 Å². The number of nitrogens with one attached hydrogen (secondary N) is 1. The minimum atomic E-state index is 0.0182. The summed E-state index contributed by atoms with van der Waals surface area (Å²) >= 11 is 7.59. The van der Waals surface area contributed by atoms with Crippen molar-refractivity contribution in [1.82, 2.24) is 5.32 Å². The zero-order valence-corrected chi connectivity index (χ0v) is 12.1. The van der Waals surface area contributed by atoms with Crippen molar-refractivity contribution in [3.05, 3.63) is 29.8 Å². The smallest absolute Gasteiger partial charge is 0.251 e. The van der Waals surface area contributed by atoms with Gasteiger partial charge in [0.2, 0.25) is 0 Å². The van der Waals surface area contributed by atoms with Gasteiger partial charge in [-0.25, -0.2) is 0 Å². The largest absolute Gasteiger partial charge is 0.349 e. The maximum absolute atomic E-state index is 12.1. The van der Waals surface area contributed by atoms with Crippen molar-refractivity contribution < 1.29 is 4.79 Å². The number of benzene rings is 1. The second kappa shape index (κ2) is 6.48. The monoisotopic (exact) mass is 283 g/mol. The molecule has 0 spiro atoms. The van der Waals surface area contributed by atoms with E-state index in [-0.39, 0.29) is 11.9 Å². The normalized spacial score (nSPS) is 23.0. The second-order valence-corrected chi connectivity index (χ2v) is 5.84. The van der Waals surface area contributed by atoms with Crippen LogP contribution in [0, 0.1) is 5.92 Å². The van der Waals surface area contributed by atoms with Crippen LogP contribution in [0.15, 0.2) is 29.2 Å². The lowest BCUT2D eigenvalue weighted by molar-refractivity contribution is 0.0930. The highest BCUT2D eigenvalue weighted by Gasteiger charge is 2.27. The van der Waals surface area contributed by atoms with Crippen molar-refractivity contribution >= 4 is 29.3 Å². The zero-order chi connectivity index (χ0) is 13.0. The molecular weight excluding hydrogens is 266 g/mol. The molecule has 4 heteroatoms. The number of hydrogen-bond acceptors (Lipinski definition) is 2. The Labute approximate surface area is 117 Å². The summed E-state index contributed by atoms with van der Waals surface area (Å²) in [6.07, 6.45) is 5.36. The Hall–Kier alpha value is -0.670. The highest BCUT2D eigenvalue weighted by Crippen LogP contribution is 2.27. The van der Waals surface area contributed by atoms with Crippen LogP contribution in [-0.2, 0) is 0 Å². The standard InChI is InChI=1S/C14H18ClNOS/c1-18-12-7-5-10(6-8-12)14(17)16-13-4-2-3-11(13)9-15/h5-8,11,13H,2-4,9H2,1H3,(H,16,17). The zero-order valence-electron chi connectivity index (χ0n) is 10.5. The summed E-state index contributed by atoms with van der Waals surface area (Å²) in [5.74, 6) is 1.09. The Morgan fingerprint density at radius 3 is 2.72 bits per heavy atom. The number of thioether (sulfide) groups is 1. The van der Waals surface area contributed by atoms with Gasteiger partial charge in [0.1, 0.15) is 0 Å². The van der Waals surface area contributed by atoms with E-state index >= 15 is 0 Å². The maximum Gasteiger partial charge on any atom is 0.251 e. The van der Waals surface area contributed by atoms with Gasteiger partial charge in [-0.05, 0) is 49.3 Å². The number of rotatable bonds is 4. The predicted molar refractivity (Wildman–Crippen MR) is 77.5 cm³/mol. The van der Waals surface area contributed by atoms with Gasteiger partial charge in [-0.2, -0.15) is 0 Å². The molecule has 0 heterocycles. The lowest BCUT2D eigenvalue weighted by atomic mass is 10.1. The molecule has 98 valence electrons. The summed E-state index contributed by atoms with van der Waals surface area (Å²) in [7, 11) is 0. The topological polar surface area (TPSA) is 29.1 Å². The quantitative estimate of drug-likeness (QED) is 0.676. The van der Waals surface area contributed by atoms with Gasteiger partial charge in [0, 0.05) is 22.4 Å². The first-order valence-corrected chi connectivity index (χ1v) is 8.01. The van der Waals surface area contributed by atoms with E-state index in [1.165, 1.54) is 4.90 Å². The van der Waals surface area contributed by atoms with E-state index in [0.717, 1.165) is 24.8 Å². The molecule has 0 aromatic heterocycles. The van der Waals surface area contributed by atoms with Crippen LogP contribution in [0.5, 0.6) is 0 Å². The average Bonchev–Trinajstić information content (AvgIpc) is 2.86. The molecule has 2 atom stereocenters. The van der Waals surface area contributed by atoms with Crippen LogP contribution in [0.1, 0.15) is 29.6 Å². The highest BCUT2D eigenvalue weighted by atomic mass is 35.5. The molecule has 1 N–H and O–H groups in total. The van der Waals surface area contributed by atoms with Crippen molar-refractivity contribution in [3.8, 4) is 0 Å². The van der Waals surface area contributed by atoms with E-state index in [1.807, 2.05) is 30.5 Å². The van der Waals surface area contributed by atoms with Crippen LogP contribution < -0.4 is 5.32 Å². The van der Waals surface area contributed by atoms with Gasteiger partial charge in [-0.1, -0.05) is 6.42 Å². The first-order valence-electron chi connectivity index (χ1n) is 6.25. The summed E-state index contributed by atoms with van der Waals surface area (Å²) < 4.78 is 0. The Morgan fingerprint density at radius 2 is 2.11 bits per heavy atom. The molecule has 1 aliphatic rings. The van der Waals surface area contributed by atoms with Gasteiger partial charge in [0.05, 0.1) is 0 Å². The van der Waals surface area contributed by atoms with Gasteiger partial charge in [0.25, 0.3) is 5.91 Å². The fourth-order valence-electron chi connectivity index (χ4n) is 2.41. The third kappa shape index (κ3) is 3.21. The van der Waals surface area contributed by atoms with Crippen molar-refractivity contribution in [2.24, 2.45) is 5.92 Å². The van der Waals surface area contributed by atoms with Gasteiger partial charge in [-0.3, -0.25) is 4.79 Å². The molecule has 1 amide bonds. The van der Waals surface area contributed by atoms with Gasteiger partial charge in [0.15, 0.2) is 0 Å². The van der Waals surface area contributed by atoms with Crippen molar-refractivity contribution in [2.45, 2.75) is 30.2 Å². The molecule has 0 radical (unpaired) electrons. The SMILES string of the molecule is CSc1ccc(C(=O)NC2CCCC2CCl)cc1. The first-order chi connectivity index (χ1) is 8.74. The van der Waals surface area contributed by atoms with Crippen molar-refractivity contribution in [3.63, 3.8) is 0 Å². The number of halogens is 1. The third-order valence-corrected chi connectivity index (χ3v) is 4.67. The van der Waals surface area contributed by atoms with Crippen LogP contribution >= 0.6 is 23.4 Å². The van der Waals surface area contributed by atoms with Gasteiger partial charge in [-0.15, -0.1) is 23.4 Å². The summed E-state index contributed by atoms with van der Waals surface area (Å²) in [4.78, 5) is 13.3. The Kier molecular flexibility index (Phi) is 4.95. The molecule has 1 saturated carbocycles. The summed E-state index contributed by atoms with van der Waals surface area (Å²) in [6.45, 7) is 0. The van der Waals surface area contributed by atoms with Gasteiger partial charge < -0.3 is 5.32 Å². The van der Waals surface area contributed by atoms with E-state index in [9.17, 15) is 4.79 Å². The first kappa shape index (κ1) is 13.8. The molecule has 1 aromatic rings. The Bertz CT molecular complexity index is 407. The number of carbonyl (C=O) groups excluding carboxylic acids is 1. The molecule has 18 heavy (non-hydrogen) atoms. The van der Waals surface area contributed by atoms with Crippen molar-refractivity contribution in [2.75, 3.05) is 12.1 Å². The van der Waals surface area contributed by atoms with Crippen LogP contribution in [0.2, 0.25) is 0 Å². The lowest BCUT2D eigenvalue weighted by Gasteiger charge is -2.18. The fourth-order valence-corrected chi connectivity index (χ4v) is 3.18. The molecule has 0 saturated heterocycles. The Balaban J connectivity index is 1.98. The molecule has 2 nitrogen and oxygen atoms in total. The van der Waals surface area contributed by atoms with E-state index in [2.05, 4.69) is 5.32 Å². The molecule has 2 unspecified atom stereocenters. The number of hydrogen-bond donors (Lipinski definition) is 1. The Morgan fingerprint density at radius 1 is 1.39 bits per heavy atom. The molecule has 2 rings (SSSR count). The summed E-state index contributed by atoms with van der Waals surface area (Å²) in [6, 6.07) is 7.97. The van der Waals surface area contributed by atoms with E-state index < -0.39 is 0 Å². The third-order valence-electron chi connectivity index (χ3n) is 3.53. The van der Waals surface area contributed by atoms with Crippen molar-refractivity contribution in [1.29, 1.82) is 0 Å². The fraction of sp³-hybridized carbons (Fsp3) is 0.500. The van der Waals surface area contributed by atoms with Crippen LogP contribution in [0.25, 0.3) is 0 Å². The number of carbonyl (C=O) groups is 1. The van der Waals surface area contributed by atoms with E-state index in [1.54, 1.807) is 11.8 Å². The van der Waals surface area contributed by atoms with E-state index in [0.29, 0.717) is 11.8 Å². The maximum atomic E-state index is 12.1. The minimum absolute atomic E-state index is 0.0182. The molecule has 0 bridgehead atoms. The lowest BCUT2D eigenvalue weighted by Crippen LogP contribution is -2.37. The van der Waals surface area contributed by atoms with Crippen LogP contribution in [0.4, 0.5) is 0 Å². The van der Waals surface area contributed by atoms with Crippen LogP contribution in [0.3, 0.4) is 0 Å². The molecular formula is C14H18ClNOS. The minimum Gasteiger partial charge on any atom is -0.349 e. The van der Waals surface area contributed by atoms with E-state index in [4.69, 9.17) is 11.6 Å². The summed E-state index contributed by atoms with van der Waals surface area (Å²) in [5.41, 5.74) is 0.730. The highest BCUT2D eigenvalue weighted by molar-refractivity contribution is 7.98. The average molecular weight is 284 g/mol. The molecule has 1 aromatic carbocycles. The summed E-state index contributed by atoms with van der Waals surface area (Å²) in [5, 5.41) is 3.10. The number of amides is 1.